The number of rotatable bonds is 5. The largest absolute Gasteiger partial charge is 0.337 e. The van der Waals surface area contributed by atoms with E-state index < -0.39 is 0 Å². The van der Waals surface area contributed by atoms with Gasteiger partial charge in [-0.05, 0) is 37.1 Å². The van der Waals surface area contributed by atoms with Crippen LogP contribution in [-0.2, 0) is 0 Å². The Balaban J connectivity index is 2.19. The highest BCUT2D eigenvalue weighted by Gasteiger charge is 2.35. The zero-order valence-corrected chi connectivity index (χ0v) is 11.7. The molecule has 0 aliphatic heterocycles. The van der Waals surface area contributed by atoms with Crippen LogP contribution in [0.25, 0.3) is 0 Å². The van der Waals surface area contributed by atoms with Gasteiger partial charge in [0.05, 0.1) is 5.56 Å². The first-order valence-electron chi connectivity index (χ1n) is 6.29. The minimum Gasteiger partial charge on any atom is -0.337 e. The van der Waals surface area contributed by atoms with Crippen LogP contribution < -0.4 is 5.73 Å². The summed E-state index contributed by atoms with van der Waals surface area (Å²) in [5.74, 6) is 0.688. The summed E-state index contributed by atoms with van der Waals surface area (Å²) >= 11 is 1.61. The minimum absolute atomic E-state index is 0.0855. The minimum atomic E-state index is 0.0855. The van der Waals surface area contributed by atoms with Crippen molar-refractivity contribution in [3.05, 3.63) is 29.8 Å². The number of amides is 1. The molecule has 2 N–H and O–H groups in total. The summed E-state index contributed by atoms with van der Waals surface area (Å²) in [5.41, 5.74) is 6.59. The van der Waals surface area contributed by atoms with Crippen LogP contribution in [-0.4, -0.2) is 36.7 Å². The highest BCUT2D eigenvalue weighted by Crippen LogP contribution is 2.35. The smallest absolute Gasteiger partial charge is 0.255 e. The van der Waals surface area contributed by atoms with Gasteiger partial charge >= 0.3 is 0 Å². The summed E-state index contributed by atoms with van der Waals surface area (Å²) in [7, 11) is 1.87. The molecule has 1 amide bonds. The molecule has 1 aromatic carbocycles. The molecular weight excluding hydrogens is 244 g/mol. The number of carbonyl (C=O) groups is 1. The second-order valence-electron chi connectivity index (χ2n) is 4.76. The van der Waals surface area contributed by atoms with Gasteiger partial charge in [-0.1, -0.05) is 12.1 Å². The summed E-state index contributed by atoms with van der Waals surface area (Å²) in [6.07, 6.45) is 4.39. The van der Waals surface area contributed by atoms with Crippen molar-refractivity contribution in [1.29, 1.82) is 0 Å². The van der Waals surface area contributed by atoms with Crippen molar-refractivity contribution in [2.75, 3.05) is 19.8 Å². The fourth-order valence-electron chi connectivity index (χ4n) is 2.31. The van der Waals surface area contributed by atoms with Gasteiger partial charge in [0.2, 0.25) is 0 Å². The van der Waals surface area contributed by atoms with Crippen LogP contribution in [0.1, 0.15) is 23.2 Å². The van der Waals surface area contributed by atoms with E-state index in [1.165, 1.54) is 12.8 Å². The van der Waals surface area contributed by atoms with Gasteiger partial charge in [-0.3, -0.25) is 4.79 Å². The van der Waals surface area contributed by atoms with Gasteiger partial charge in [-0.2, -0.15) is 0 Å². The summed E-state index contributed by atoms with van der Waals surface area (Å²) in [6.45, 7) is 0.550. The van der Waals surface area contributed by atoms with Crippen molar-refractivity contribution in [1.82, 2.24) is 4.90 Å². The average Bonchev–Trinajstić information content (AvgIpc) is 3.23. The van der Waals surface area contributed by atoms with Crippen molar-refractivity contribution in [2.24, 2.45) is 11.7 Å². The number of nitrogens with zero attached hydrogens (tertiary/aromatic N) is 1. The van der Waals surface area contributed by atoms with Crippen LogP contribution in [0.4, 0.5) is 0 Å². The molecule has 1 aliphatic carbocycles. The summed E-state index contributed by atoms with van der Waals surface area (Å²) in [6, 6.07) is 7.94. The fraction of sp³-hybridized carbons (Fsp3) is 0.500. The molecule has 2 rings (SSSR count). The molecule has 0 bridgehead atoms. The molecule has 3 nitrogen and oxygen atoms in total. The SMILES string of the molecule is CSc1ccccc1C(=O)N(C)C(CN)C1CC1. The third-order valence-corrected chi connectivity index (χ3v) is 4.36. The molecule has 0 radical (unpaired) electrons. The van der Waals surface area contributed by atoms with E-state index in [1.54, 1.807) is 11.8 Å². The molecule has 0 saturated heterocycles. The van der Waals surface area contributed by atoms with Crippen LogP contribution >= 0.6 is 11.8 Å². The van der Waals surface area contributed by atoms with Gasteiger partial charge < -0.3 is 10.6 Å². The Labute approximate surface area is 113 Å². The summed E-state index contributed by atoms with van der Waals surface area (Å²) < 4.78 is 0. The maximum Gasteiger partial charge on any atom is 0.255 e. The molecule has 1 saturated carbocycles. The molecule has 1 unspecified atom stereocenters. The van der Waals surface area contributed by atoms with Crippen LogP contribution in [0.2, 0.25) is 0 Å². The number of nitrogens with two attached hydrogens (primary N) is 1. The summed E-state index contributed by atoms with van der Waals surface area (Å²) in [4.78, 5) is 15.4. The van der Waals surface area contributed by atoms with Crippen LogP contribution in [0.3, 0.4) is 0 Å². The Bertz CT molecular complexity index is 432. The fourth-order valence-corrected chi connectivity index (χ4v) is 2.90. The Kier molecular flexibility index (Phi) is 4.30. The maximum atomic E-state index is 12.5. The van der Waals surface area contributed by atoms with Gasteiger partial charge in [0.1, 0.15) is 0 Å². The molecule has 0 heterocycles. The maximum absolute atomic E-state index is 12.5. The molecule has 1 fully saturated rings. The van der Waals surface area contributed by atoms with Gasteiger partial charge in [0, 0.05) is 24.5 Å². The average molecular weight is 264 g/mol. The highest BCUT2D eigenvalue weighted by atomic mass is 32.2. The predicted octanol–water partition coefficient (Wildman–Crippen LogP) is 2.22. The molecule has 0 aromatic heterocycles. The molecule has 1 aromatic rings. The van der Waals surface area contributed by atoms with Crippen molar-refractivity contribution in [2.45, 2.75) is 23.8 Å². The van der Waals surface area contributed by atoms with Crippen molar-refractivity contribution >= 4 is 17.7 Å². The first-order valence-corrected chi connectivity index (χ1v) is 7.51. The van der Waals surface area contributed by atoms with E-state index in [2.05, 4.69) is 0 Å². The van der Waals surface area contributed by atoms with Crippen molar-refractivity contribution in [3.8, 4) is 0 Å². The normalized spacial score (nSPS) is 16.4. The van der Waals surface area contributed by atoms with E-state index in [-0.39, 0.29) is 11.9 Å². The lowest BCUT2D eigenvalue weighted by Crippen LogP contribution is -2.43. The molecule has 4 heteroatoms. The second kappa shape index (κ2) is 5.76. The van der Waals surface area contributed by atoms with E-state index in [4.69, 9.17) is 5.73 Å². The molecule has 0 spiro atoms. The standard InChI is InChI=1S/C14H20N2OS/c1-16(12(9-15)10-7-8-10)14(17)11-5-3-4-6-13(11)18-2/h3-6,10,12H,7-9,15H2,1-2H3. The number of likely N-dealkylation sites (N-methyl/N-ethyl adjacent to an activating group) is 1. The first-order chi connectivity index (χ1) is 8.69. The third kappa shape index (κ3) is 2.70. The van der Waals surface area contributed by atoms with Crippen LogP contribution in [0.15, 0.2) is 29.2 Å². The highest BCUT2D eigenvalue weighted by molar-refractivity contribution is 7.98. The number of hydrogen-bond donors (Lipinski definition) is 1. The van der Waals surface area contributed by atoms with E-state index in [1.807, 2.05) is 42.5 Å². The first kappa shape index (κ1) is 13.4. The second-order valence-corrected chi connectivity index (χ2v) is 5.60. The Morgan fingerprint density at radius 3 is 2.72 bits per heavy atom. The molecular formula is C14H20N2OS. The van der Waals surface area contributed by atoms with Crippen LogP contribution in [0, 0.1) is 5.92 Å². The van der Waals surface area contributed by atoms with Crippen molar-refractivity contribution in [3.63, 3.8) is 0 Å². The quantitative estimate of drug-likeness (QED) is 0.829. The molecule has 1 aliphatic rings. The van der Waals surface area contributed by atoms with E-state index in [9.17, 15) is 4.79 Å². The monoisotopic (exact) mass is 264 g/mol. The Morgan fingerprint density at radius 1 is 1.50 bits per heavy atom. The topological polar surface area (TPSA) is 46.3 Å². The molecule has 98 valence electrons. The zero-order valence-electron chi connectivity index (χ0n) is 10.9. The lowest BCUT2D eigenvalue weighted by atomic mass is 10.1. The number of thioether (sulfide) groups is 1. The van der Waals surface area contributed by atoms with E-state index in [0.717, 1.165) is 10.5 Å². The number of benzene rings is 1. The zero-order chi connectivity index (χ0) is 13.1. The van der Waals surface area contributed by atoms with Crippen molar-refractivity contribution < 1.29 is 4.79 Å². The third-order valence-electron chi connectivity index (χ3n) is 3.56. The Hall–Kier alpha value is -1.00. The van der Waals surface area contributed by atoms with Gasteiger partial charge in [-0.25, -0.2) is 0 Å². The molecule has 18 heavy (non-hydrogen) atoms. The van der Waals surface area contributed by atoms with Gasteiger partial charge in [0.15, 0.2) is 0 Å². The lowest BCUT2D eigenvalue weighted by Gasteiger charge is -2.27. The number of hydrogen-bond acceptors (Lipinski definition) is 3. The van der Waals surface area contributed by atoms with E-state index in [0.29, 0.717) is 12.5 Å². The van der Waals surface area contributed by atoms with Gasteiger partial charge in [-0.15, -0.1) is 11.8 Å². The predicted molar refractivity (Wildman–Crippen MR) is 75.9 cm³/mol. The summed E-state index contributed by atoms with van der Waals surface area (Å²) in [5, 5.41) is 0. The Morgan fingerprint density at radius 2 is 2.17 bits per heavy atom. The van der Waals surface area contributed by atoms with Crippen LogP contribution in [0.5, 0.6) is 0 Å². The molecule has 1 atom stereocenters. The van der Waals surface area contributed by atoms with E-state index >= 15 is 0 Å². The number of carbonyl (C=O) groups excluding carboxylic acids is 1. The lowest BCUT2D eigenvalue weighted by molar-refractivity contribution is 0.0715. The van der Waals surface area contributed by atoms with Gasteiger partial charge in [0.25, 0.3) is 5.91 Å².